The van der Waals surface area contributed by atoms with Crippen LogP contribution in [0, 0.1) is 6.92 Å². The van der Waals surface area contributed by atoms with Gasteiger partial charge in [0.25, 0.3) is 5.91 Å². The average Bonchev–Trinajstić information content (AvgIpc) is 2.38. The molecule has 0 aromatic heterocycles. The molecule has 0 bridgehead atoms. The van der Waals surface area contributed by atoms with E-state index in [1.165, 1.54) is 0 Å². The first-order valence-corrected chi connectivity index (χ1v) is 5.86. The third-order valence-corrected chi connectivity index (χ3v) is 2.58. The molecule has 1 aromatic rings. The summed E-state index contributed by atoms with van der Waals surface area (Å²) in [6.45, 7) is 7.06. The molecule has 0 aliphatic rings. The lowest BCUT2D eigenvalue weighted by atomic mass is 10.2. The topological polar surface area (TPSA) is 47.6 Å². The zero-order chi connectivity index (χ0) is 14.4. The second-order valence-electron chi connectivity index (χ2n) is 4.19. The first kappa shape index (κ1) is 15.2. The summed E-state index contributed by atoms with van der Waals surface area (Å²) in [6, 6.07) is 5.12. The molecule has 19 heavy (non-hydrogen) atoms. The van der Waals surface area contributed by atoms with Gasteiger partial charge in [0.1, 0.15) is 12.4 Å². The number of aryl methyl sites for hydroxylation is 1. The molecule has 5 heteroatoms. The zero-order valence-electron chi connectivity index (χ0n) is 11.3. The van der Waals surface area contributed by atoms with Crippen molar-refractivity contribution in [1.82, 2.24) is 0 Å². The van der Waals surface area contributed by atoms with Crippen LogP contribution in [0.5, 0.6) is 5.75 Å². The molecule has 1 atom stereocenters. The van der Waals surface area contributed by atoms with Crippen LogP contribution in [0.2, 0.25) is 0 Å². The highest BCUT2D eigenvalue weighted by Gasteiger charge is 2.09. The van der Waals surface area contributed by atoms with Crippen molar-refractivity contribution >= 4 is 11.6 Å². The molecule has 0 radical (unpaired) electrons. The predicted molar refractivity (Wildman–Crippen MR) is 72.0 cm³/mol. The van der Waals surface area contributed by atoms with Crippen LogP contribution in [0.3, 0.4) is 0 Å². The van der Waals surface area contributed by atoms with Gasteiger partial charge in [-0.3, -0.25) is 4.79 Å². The third kappa shape index (κ3) is 4.71. The van der Waals surface area contributed by atoms with E-state index in [-0.39, 0.29) is 6.10 Å². The molecule has 1 amide bonds. The molecule has 1 unspecified atom stereocenters. The molecule has 0 fully saturated rings. The SMILES string of the molecule is C=C(F)C(=O)Nc1ccc(OCC(C)OC)cc1C. The minimum atomic E-state index is -1.02. The van der Waals surface area contributed by atoms with Crippen LogP contribution >= 0.6 is 0 Å². The zero-order valence-corrected chi connectivity index (χ0v) is 11.3. The van der Waals surface area contributed by atoms with Crippen LogP contribution in [-0.4, -0.2) is 25.7 Å². The molecule has 0 aliphatic heterocycles. The first-order chi connectivity index (χ1) is 8.93. The molecular weight excluding hydrogens is 249 g/mol. The highest BCUT2D eigenvalue weighted by atomic mass is 19.1. The number of carbonyl (C=O) groups excluding carboxylic acids is 1. The van der Waals surface area contributed by atoms with Crippen molar-refractivity contribution in [3.63, 3.8) is 0 Å². The lowest BCUT2D eigenvalue weighted by Crippen LogP contribution is -2.16. The summed E-state index contributed by atoms with van der Waals surface area (Å²) in [6.07, 6.45) is -0.00505. The normalized spacial score (nSPS) is 11.8. The molecule has 1 rings (SSSR count). The number of methoxy groups -OCH3 is 1. The van der Waals surface area contributed by atoms with E-state index in [4.69, 9.17) is 9.47 Å². The van der Waals surface area contributed by atoms with Crippen LogP contribution in [0.1, 0.15) is 12.5 Å². The molecule has 0 heterocycles. The van der Waals surface area contributed by atoms with E-state index < -0.39 is 11.7 Å². The number of nitrogens with one attached hydrogen (secondary N) is 1. The summed E-state index contributed by atoms with van der Waals surface area (Å²) in [7, 11) is 1.61. The average molecular weight is 267 g/mol. The monoisotopic (exact) mass is 267 g/mol. The van der Waals surface area contributed by atoms with Crippen molar-refractivity contribution in [3.8, 4) is 5.75 Å². The highest BCUT2D eigenvalue weighted by Crippen LogP contribution is 2.22. The number of hydrogen-bond acceptors (Lipinski definition) is 3. The second kappa shape index (κ2) is 6.89. The Bertz CT molecular complexity index is 474. The Kier molecular flexibility index (Phi) is 5.51. The van der Waals surface area contributed by atoms with Gasteiger partial charge in [-0.2, -0.15) is 0 Å². The van der Waals surface area contributed by atoms with Crippen LogP contribution in [0.15, 0.2) is 30.6 Å². The van der Waals surface area contributed by atoms with Crippen LogP contribution in [0.25, 0.3) is 0 Å². The fraction of sp³-hybridized carbons (Fsp3) is 0.357. The molecular formula is C14H18FNO3. The maximum Gasteiger partial charge on any atom is 0.283 e. The number of hydrogen-bond donors (Lipinski definition) is 1. The van der Waals surface area contributed by atoms with Gasteiger partial charge in [-0.15, -0.1) is 0 Å². The number of carbonyl (C=O) groups is 1. The molecule has 104 valence electrons. The van der Waals surface area contributed by atoms with E-state index in [2.05, 4.69) is 11.9 Å². The van der Waals surface area contributed by atoms with Gasteiger partial charge in [0.2, 0.25) is 0 Å². The van der Waals surface area contributed by atoms with Crippen molar-refractivity contribution in [2.45, 2.75) is 20.0 Å². The van der Waals surface area contributed by atoms with E-state index in [1.807, 2.05) is 6.92 Å². The smallest absolute Gasteiger partial charge is 0.283 e. The number of rotatable bonds is 6. The van der Waals surface area contributed by atoms with E-state index in [0.717, 1.165) is 5.56 Å². The fourth-order valence-corrected chi connectivity index (χ4v) is 1.34. The largest absolute Gasteiger partial charge is 0.491 e. The van der Waals surface area contributed by atoms with E-state index >= 15 is 0 Å². The van der Waals surface area contributed by atoms with Crippen molar-refractivity contribution < 1.29 is 18.7 Å². The minimum Gasteiger partial charge on any atom is -0.491 e. The van der Waals surface area contributed by atoms with Gasteiger partial charge >= 0.3 is 0 Å². The molecule has 1 N–H and O–H groups in total. The number of ether oxygens (including phenoxy) is 2. The van der Waals surface area contributed by atoms with E-state index in [0.29, 0.717) is 18.0 Å². The molecule has 0 spiro atoms. The van der Waals surface area contributed by atoms with Crippen molar-refractivity contribution in [1.29, 1.82) is 0 Å². The Morgan fingerprint density at radius 3 is 2.74 bits per heavy atom. The Hall–Kier alpha value is -1.88. The minimum absolute atomic E-state index is 0.00505. The number of halogens is 1. The van der Waals surface area contributed by atoms with Crippen molar-refractivity contribution in [2.24, 2.45) is 0 Å². The number of amides is 1. The standard InChI is InChI=1S/C14H18FNO3/c1-9-7-12(19-8-10(2)18-4)5-6-13(9)16-14(17)11(3)15/h5-7,10H,3,8H2,1-2,4H3,(H,16,17). The van der Waals surface area contributed by atoms with Crippen molar-refractivity contribution in [2.75, 3.05) is 19.0 Å². The van der Waals surface area contributed by atoms with Crippen molar-refractivity contribution in [3.05, 3.63) is 36.2 Å². The molecule has 1 aromatic carbocycles. The third-order valence-electron chi connectivity index (χ3n) is 2.58. The summed E-state index contributed by atoms with van der Waals surface area (Å²) >= 11 is 0. The van der Waals surface area contributed by atoms with Crippen LogP contribution in [-0.2, 0) is 9.53 Å². The first-order valence-electron chi connectivity index (χ1n) is 5.86. The maximum absolute atomic E-state index is 12.6. The Balaban J connectivity index is 2.69. The summed E-state index contributed by atoms with van der Waals surface area (Å²) < 4.78 is 23.2. The molecule has 0 aliphatic carbocycles. The van der Waals surface area contributed by atoms with Crippen LogP contribution < -0.4 is 10.1 Å². The Labute approximate surface area is 112 Å². The highest BCUT2D eigenvalue weighted by molar-refractivity contribution is 6.02. The maximum atomic E-state index is 12.6. The van der Waals surface area contributed by atoms with Gasteiger partial charge in [0.15, 0.2) is 5.83 Å². The van der Waals surface area contributed by atoms with E-state index in [9.17, 15) is 9.18 Å². The quantitative estimate of drug-likeness (QED) is 0.806. The lowest BCUT2D eigenvalue weighted by molar-refractivity contribution is -0.114. The Morgan fingerprint density at radius 2 is 2.21 bits per heavy atom. The summed E-state index contributed by atoms with van der Waals surface area (Å²) in [5.41, 5.74) is 1.30. The van der Waals surface area contributed by atoms with Gasteiger partial charge in [0, 0.05) is 12.8 Å². The number of anilines is 1. The fourth-order valence-electron chi connectivity index (χ4n) is 1.34. The van der Waals surface area contributed by atoms with Gasteiger partial charge in [0.05, 0.1) is 6.10 Å². The molecule has 0 saturated carbocycles. The van der Waals surface area contributed by atoms with E-state index in [1.54, 1.807) is 32.2 Å². The van der Waals surface area contributed by atoms with Gasteiger partial charge in [-0.05, 0) is 37.6 Å². The molecule has 0 saturated heterocycles. The lowest BCUT2D eigenvalue weighted by Gasteiger charge is -2.13. The Morgan fingerprint density at radius 1 is 1.53 bits per heavy atom. The van der Waals surface area contributed by atoms with Gasteiger partial charge < -0.3 is 14.8 Å². The predicted octanol–water partition coefficient (Wildman–Crippen LogP) is 2.83. The van der Waals surface area contributed by atoms with Gasteiger partial charge in [-0.25, -0.2) is 4.39 Å². The van der Waals surface area contributed by atoms with Crippen LogP contribution in [0.4, 0.5) is 10.1 Å². The summed E-state index contributed by atoms with van der Waals surface area (Å²) in [4.78, 5) is 11.2. The summed E-state index contributed by atoms with van der Waals surface area (Å²) in [5, 5.41) is 2.42. The van der Waals surface area contributed by atoms with Gasteiger partial charge in [-0.1, -0.05) is 6.58 Å². The second-order valence-corrected chi connectivity index (χ2v) is 4.19. The number of benzene rings is 1. The summed E-state index contributed by atoms with van der Waals surface area (Å²) in [5.74, 6) is -1.20. The molecule has 4 nitrogen and oxygen atoms in total.